The SMILES string of the molecule is CCSc1cc(C(F)(F)F)cnc1-n1cnc2ccc(C(F)(F)F)cc2c1=O. The molecule has 28 heavy (non-hydrogen) atoms. The summed E-state index contributed by atoms with van der Waals surface area (Å²) in [6.45, 7) is 1.70. The van der Waals surface area contributed by atoms with Crippen molar-refractivity contribution in [1.82, 2.24) is 14.5 Å². The maximum Gasteiger partial charge on any atom is 0.417 e. The zero-order chi connectivity index (χ0) is 20.7. The smallest absolute Gasteiger partial charge is 0.268 e. The molecule has 0 fully saturated rings. The Morgan fingerprint density at radius 2 is 1.68 bits per heavy atom. The first kappa shape index (κ1) is 20.2. The third kappa shape index (κ3) is 3.84. The number of alkyl halides is 6. The van der Waals surface area contributed by atoms with E-state index in [1.165, 1.54) is 0 Å². The molecule has 0 amide bonds. The molecule has 0 unspecified atom stereocenters. The summed E-state index contributed by atoms with van der Waals surface area (Å²) in [6, 6.07) is 3.37. The lowest BCUT2D eigenvalue weighted by Crippen LogP contribution is -2.21. The first-order chi connectivity index (χ1) is 13.0. The van der Waals surface area contributed by atoms with Gasteiger partial charge < -0.3 is 0 Å². The van der Waals surface area contributed by atoms with Gasteiger partial charge in [0.15, 0.2) is 5.82 Å². The Morgan fingerprint density at radius 1 is 1.00 bits per heavy atom. The Bertz CT molecular complexity index is 1090. The Hall–Kier alpha value is -2.56. The van der Waals surface area contributed by atoms with Crippen molar-refractivity contribution in [2.24, 2.45) is 0 Å². The van der Waals surface area contributed by atoms with Crippen molar-refractivity contribution in [3.63, 3.8) is 0 Å². The van der Waals surface area contributed by atoms with Gasteiger partial charge in [0.25, 0.3) is 5.56 Å². The molecule has 1 aromatic carbocycles. The number of hydrogen-bond donors (Lipinski definition) is 0. The first-order valence-electron chi connectivity index (χ1n) is 7.81. The van der Waals surface area contributed by atoms with Crippen LogP contribution in [0.25, 0.3) is 16.7 Å². The molecule has 0 saturated heterocycles. The molecule has 0 atom stereocenters. The number of rotatable bonds is 3. The van der Waals surface area contributed by atoms with Crippen LogP contribution in [0.15, 0.2) is 46.5 Å². The predicted octanol–water partition coefficient (Wildman–Crippen LogP) is 4.93. The fourth-order valence-corrected chi connectivity index (χ4v) is 3.29. The topological polar surface area (TPSA) is 47.8 Å². The van der Waals surface area contributed by atoms with Gasteiger partial charge in [-0.15, -0.1) is 11.8 Å². The van der Waals surface area contributed by atoms with E-state index in [4.69, 9.17) is 0 Å². The standard InChI is InChI=1S/C17H11F6N3OS/c1-2-28-13-6-10(17(21,22)23)7-24-14(13)26-8-25-12-4-3-9(16(18,19)20)5-11(12)15(26)27/h3-8H,2H2,1H3. The molecular formula is C17H11F6N3OS. The third-order valence-corrected chi connectivity index (χ3v) is 4.67. The van der Waals surface area contributed by atoms with Crippen LogP contribution in [0, 0.1) is 0 Å². The lowest BCUT2D eigenvalue weighted by Gasteiger charge is -2.14. The predicted molar refractivity (Wildman–Crippen MR) is 91.5 cm³/mol. The number of pyridine rings is 1. The van der Waals surface area contributed by atoms with Crippen LogP contribution < -0.4 is 5.56 Å². The molecule has 0 aliphatic rings. The van der Waals surface area contributed by atoms with E-state index < -0.39 is 29.0 Å². The summed E-state index contributed by atoms with van der Waals surface area (Å²) < 4.78 is 78.5. The lowest BCUT2D eigenvalue weighted by atomic mass is 10.1. The number of nitrogens with zero attached hydrogens (tertiary/aromatic N) is 3. The highest BCUT2D eigenvalue weighted by Crippen LogP contribution is 2.34. The molecule has 2 aromatic heterocycles. The molecule has 0 radical (unpaired) electrons. The summed E-state index contributed by atoms with van der Waals surface area (Å²) in [5, 5.41) is -0.313. The van der Waals surface area contributed by atoms with Crippen molar-refractivity contribution in [2.75, 3.05) is 5.75 Å². The number of fused-ring (bicyclic) bond motifs is 1. The Labute approximate surface area is 158 Å². The molecule has 4 nitrogen and oxygen atoms in total. The number of halogens is 6. The van der Waals surface area contributed by atoms with E-state index in [2.05, 4.69) is 9.97 Å². The van der Waals surface area contributed by atoms with E-state index >= 15 is 0 Å². The normalized spacial score (nSPS) is 12.5. The van der Waals surface area contributed by atoms with Gasteiger partial charge in [-0.1, -0.05) is 6.92 Å². The summed E-state index contributed by atoms with van der Waals surface area (Å²) in [7, 11) is 0. The second-order valence-electron chi connectivity index (χ2n) is 5.63. The van der Waals surface area contributed by atoms with Crippen molar-refractivity contribution in [3.8, 4) is 5.82 Å². The number of thioether (sulfide) groups is 1. The summed E-state index contributed by atoms with van der Waals surface area (Å²) in [6.07, 6.45) is -7.68. The van der Waals surface area contributed by atoms with Gasteiger partial charge in [0, 0.05) is 6.20 Å². The minimum Gasteiger partial charge on any atom is -0.268 e. The average Bonchev–Trinajstić information content (AvgIpc) is 2.61. The van der Waals surface area contributed by atoms with Gasteiger partial charge >= 0.3 is 12.4 Å². The largest absolute Gasteiger partial charge is 0.417 e. The van der Waals surface area contributed by atoms with Crippen LogP contribution >= 0.6 is 11.8 Å². The van der Waals surface area contributed by atoms with Crippen molar-refractivity contribution in [3.05, 3.63) is 58.3 Å². The minimum atomic E-state index is -4.66. The summed E-state index contributed by atoms with van der Waals surface area (Å²) in [4.78, 5) is 20.5. The third-order valence-electron chi connectivity index (χ3n) is 3.77. The molecule has 3 aromatic rings. The molecule has 0 N–H and O–H groups in total. The molecule has 0 bridgehead atoms. The molecule has 11 heteroatoms. The first-order valence-corrected chi connectivity index (χ1v) is 8.80. The van der Waals surface area contributed by atoms with Gasteiger partial charge in [0.2, 0.25) is 0 Å². The molecule has 0 aliphatic carbocycles. The van der Waals surface area contributed by atoms with E-state index in [1.807, 2.05) is 0 Å². The summed E-state index contributed by atoms with van der Waals surface area (Å²) in [5.41, 5.74) is -2.85. The monoisotopic (exact) mass is 419 g/mol. The molecule has 3 rings (SSSR count). The second-order valence-corrected chi connectivity index (χ2v) is 6.93. The highest BCUT2D eigenvalue weighted by atomic mass is 32.2. The van der Waals surface area contributed by atoms with Gasteiger partial charge in [-0.3, -0.25) is 4.79 Å². The number of aromatic nitrogens is 3. The van der Waals surface area contributed by atoms with Gasteiger partial charge in [0.05, 0.1) is 26.9 Å². The minimum absolute atomic E-state index is 0.0332. The van der Waals surface area contributed by atoms with Crippen LogP contribution in [0.4, 0.5) is 26.3 Å². The zero-order valence-electron chi connectivity index (χ0n) is 14.1. The van der Waals surface area contributed by atoms with Gasteiger partial charge in [-0.25, -0.2) is 14.5 Å². The maximum atomic E-state index is 12.9. The summed E-state index contributed by atoms with van der Waals surface area (Å²) >= 11 is 1.02. The van der Waals surface area contributed by atoms with E-state index in [9.17, 15) is 31.1 Å². The van der Waals surface area contributed by atoms with Crippen LogP contribution in [0.2, 0.25) is 0 Å². The quantitative estimate of drug-likeness (QED) is 0.446. The number of benzene rings is 1. The lowest BCUT2D eigenvalue weighted by molar-refractivity contribution is -0.138. The van der Waals surface area contributed by atoms with E-state index in [1.54, 1.807) is 6.92 Å². The van der Waals surface area contributed by atoms with Crippen LogP contribution in [-0.4, -0.2) is 20.3 Å². The maximum absolute atomic E-state index is 12.9. The Balaban J connectivity index is 2.23. The Morgan fingerprint density at radius 3 is 2.29 bits per heavy atom. The highest BCUT2D eigenvalue weighted by Gasteiger charge is 2.33. The van der Waals surface area contributed by atoms with Gasteiger partial charge in [-0.2, -0.15) is 26.3 Å². The van der Waals surface area contributed by atoms with E-state index in [-0.39, 0.29) is 21.6 Å². The summed E-state index contributed by atoms with van der Waals surface area (Å²) in [5.74, 6) is 0.265. The van der Waals surface area contributed by atoms with Gasteiger partial charge in [0.1, 0.15) is 6.33 Å². The van der Waals surface area contributed by atoms with Crippen LogP contribution in [0.3, 0.4) is 0 Å². The number of hydrogen-bond acceptors (Lipinski definition) is 4. The average molecular weight is 419 g/mol. The fraction of sp³-hybridized carbons (Fsp3) is 0.235. The van der Waals surface area contributed by atoms with Crippen molar-refractivity contribution in [1.29, 1.82) is 0 Å². The second kappa shape index (κ2) is 7.12. The highest BCUT2D eigenvalue weighted by molar-refractivity contribution is 7.99. The van der Waals surface area contributed by atoms with Gasteiger partial charge in [-0.05, 0) is 30.0 Å². The molecule has 148 valence electrons. The van der Waals surface area contributed by atoms with Crippen LogP contribution in [-0.2, 0) is 12.4 Å². The fourth-order valence-electron chi connectivity index (χ4n) is 2.48. The molecular weight excluding hydrogens is 408 g/mol. The molecule has 0 spiro atoms. The molecule has 0 saturated carbocycles. The van der Waals surface area contributed by atoms with Crippen LogP contribution in [0.1, 0.15) is 18.1 Å². The van der Waals surface area contributed by atoms with Crippen molar-refractivity contribution in [2.45, 2.75) is 24.2 Å². The van der Waals surface area contributed by atoms with Crippen LogP contribution in [0.5, 0.6) is 0 Å². The Kier molecular flexibility index (Phi) is 5.13. The van der Waals surface area contributed by atoms with Crippen molar-refractivity contribution >= 4 is 22.7 Å². The van der Waals surface area contributed by atoms with Crippen molar-refractivity contribution < 1.29 is 26.3 Å². The zero-order valence-corrected chi connectivity index (χ0v) is 14.9. The van der Waals surface area contributed by atoms with E-state index in [0.717, 1.165) is 40.9 Å². The molecule has 0 aliphatic heterocycles. The van der Waals surface area contributed by atoms with E-state index in [0.29, 0.717) is 18.0 Å². The molecule has 2 heterocycles.